The van der Waals surface area contributed by atoms with E-state index in [-0.39, 0.29) is 24.6 Å². The van der Waals surface area contributed by atoms with Gasteiger partial charge in [-0.25, -0.2) is 4.98 Å². The Morgan fingerprint density at radius 2 is 2.80 bits per heavy atom. The largest absolute Gasteiger partial charge is 0.465 e. The summed E-state index contributed by atoms with van der Waals surface area (Å²) < 4.78 is 58.7. The highest BCUT2D eigenvalue weighted by atomic mass is 16.5. The molecule has 0 radical (unpaired) electrons. The third-order valence-electron chi connectivity index (χ3n) is 2.52. The highest BCUT2D eigenvalue weighted by Crippen LogP contribution is 2.27. The van der Waals surface area contributed by atoms with Crippen molar-refractivity contribution < 1.29 is 19.1 Å². The summed E-state index contributed by atoms with van der Waals surface area (Å²) >= 11 is 0. The third-order valence-corrected chi connectivity index (χ3v) is 2.52. The van der Waals surface area contributed by atoms with Crippen LogP contribution >= 0.6 is 0 Å². The zero-order valence-electron chi connectivity index (χ0n) is 15.3. The van der Waals surface area contributed by atoms with Crippen molar-refractivity contribution in [1.29, 1.82) is 0 Å². The molecule has 0 N–H and O–H groups in total. The van der Waals surface area contributed by atoms with Crippen molar-refractivity contribution in [2.24, 2.45) is 18.9 Å². The maximum Gasteiger partial charge on any atom is 0.309 e. The summed E-state index contributed by atoms with van der Waals surface area (Å²) in [5.74, 6) is -3.05. The average Bonchev–Trinajstić information content (AvgIpc) is 2.67. The lowest BCUT2D eigenvalue weighted by molar-refractivity contribution is -0.141. The lowest BCUT2D eigenvalue weighted by Crippen LogP contribution is -2.18. The molecule has 82 valence electrons. The first kappa shape index (κ1) is 4.68. The van der Waals surface area contributed by atoms with Crippen molar-refractivity contribution >= 4 is 5.97 Å². The number of rotatable bonds is 3. The second-order valence-electron chi connectivity index (χ2n) is 3.49. The molecule has 15 heavy (non-hydrogen) atoms. The number of carbonyl (C=O) groups excluding carboxylic acids is 1. The van der Waals surface area contributed by atoms with Crippen LogP contribution in [0.2, 0.25) is 0 Å². The van der Waals surface area contributed by atoms with Gasteiger partial charge in [0.1, 0.15) is 1.37 Å². The van der Waals surface area contributed by atoms with Crippen LogP contribution in [0, 0.1) is 11.8 Å². The van der Waals surface area contributed by atoms with Gasteiger partial charge in [0.25, 0.3) is 0 Å². The minimum absolute atomic E-state index is 0.0965. The molecule has 0 bridgehead atoms. The van der Waals surface area contributed by atoms with Gasteiger partial charge in [-0.3, -0.25) is 4.79 Å². The Morgan fingerprint density at radius 1 is 1.93 bits per heavy atom. The summed E-state index contributed by atoms with van der Waals surface area (Å²) in [6, 6.07) is 0. The van der Waals surface area contributed by atoms with Gasteiger partial charge in [-0.05, 0) is 12.8 Å². The summed E-state index contributed by atoms with van der Waals surface area (Å²) in [4.78, 5) is 15.5. The highest BCUT2D eigenvalue weighted by Gasteiger charge is 2.35. The predicted octanol–water partition coefficient (Wildman–Crippen LogP) is 1.16. The number of hydrogen-bond donors (Lipinski definition) is 0. The summed E-state index contributed by atoms with van der Waals surface area (Å²) in [7, 11) is 1.51. The molecule has 0 aromatic carbocycles. The van der Waals surface area contributed by atoms with Crippen LogP contribution in [0.25, 0.3) is 0 Å². The van der Waals surface area contributed by atoms with Gasteiger partial charge in [-0.2, -0.15) is 0 Å². The van der Waals surface area contributed by atoms with Gasteiger partial charge < -0.3 is 9.30 Å². The first-order chi connectivity index (χ1) is 9.92. The molecule has 2 heterocycles. The van der Waals surface area contributed by atoms with Gasteiger partial charge in [0, 0.05) is 28.9 Å². The molecule has 4 nitrogen and oxygen atoms in total. The van der Waals surface area contributed by atoms with E-state index in [2.05, 4.69) is 9.72 Å². The number of hydrogen-bond acceptors (Lipinski definition) is 3. The summed E-state index contributed by atoms with van der Waals surface area (Å²) in [6.45, 7) is -4.70. The fourth-order valence-electron chi connectivity index (χ4n) is 1.56. The molecule has 2 rings (SSSR count). The van der Waals surface area contributed by atoms with Crippen LogP contribution in [0.15, 0.2) is 12.5 Å². The zero-order chi connectivity index (χ0) is 16.9. The fraction of sp³-hybridized carbons (Fsp3) is 0.636. The first-order valence-corrected chi connectivity index (χ1v) is 4.64. The van der Waals surface area contributed by atoms with Crippen LogP contribution in [0.3, 0.4) is 0 Å². The zero-order valence-corrected chi connectivity index (χ0v) is 8.28. The van der Waals surface area contributed by atoms with Crippen molar-refractivity contribution in [2.75, 3.05) is 6.56 Å². The van der Waals surface area contributed by atoms with E-state index in [0.717, 1.165) is 0 Å². The molecule has 0 unspecified atom stereocenters. The van der Waals surface area contributed by atoms with E-state index in [1.165, 1.54) is 11.6 Å². The summed E-state index contributed by atoms with van der Waals surface area (Å²) in [5.41, 5.74) is 0.271. The molecule has 0 aliphatic carbocycles. The van der Waals surface area contributed by atoms with Crippen molar-refractivity contribution in [3.05, 3.63) is 18.2 Å². The Bertz CT molecular complexity index is 596. The van der Waals surface area contributed by atoms with Crippen LogP contribution in [0.4, 0.5) is 0 Å². The second-order valence-corrected chi connectivity index (χ2v) is 3.49. The van der Waals surface area contributed by atoms with Gasteiger partial charge in [0.2, 0.25) is 0 Å². The van der Waals surface area contributed by atoms with Crippen molar-refractivity contribution in [3.63, 3.8) is 0 Å². The van der Waals surface area contributed by atoms with Gasteiger partial charge in [-0.1, -0.05) is 6.85 Å². The molecule has 1 aromatic heterocycles. The van der Waals surface area contributed by atoms with Crippen LogP contribution in [0.5, 0.6) is 0 Å². The normalized spacial score (nSPS) is 36.6. The topological polar surface area (TPSA) is 44.1 Å². The number of imidazole rings is 1. The Hall–Kier alpha value is -1.32. The van der Waals surface area contributed by atoms with Crippen molar-refractivity contribution in [2.45, 2.75) is 19.7 Å². The van der Waals surface area contributed by atoms with E-state index < -0.39 is 37.6 Å². The molecule has 1 aliphatic heterocycles. The van der Waals surface area contributed by atoms with E-state index in [4.69, 9.17) is 9.60 Å². The molecule has 0 amide bonds. The molecule has 0 saturated carbocycles. The number of carbonyl (C=O) groups is 1. The number of aromatic nitrogens is 2. The maximum atomic E-state index is 11.8. The van der Waals surface area contributed by atoms with Gasteiger partial charge in [0.15, 0.2) is 0 Å². The quantitative estimate of drug-likeness (QED) is 0.711. The fourth-order valence-corrected chi connectivity index (χ4v) is 1.56. The van der Waals surface area contributed by atoms with Crippen LogP contribution in [-0.2, 0) is 23.0 Å². The van der Waals surface area contributed by atoms with E-state index in [1.54, 1.807) is 0 Å². The Morgan fingerprint density at radius 3 is 3.47 bits per heavy atom. The van der Waals surface area contributed by atoms with Crippen LogP contribution < -0.4 is 0 Å². The number of ether oxygens (including phenoxy) is 1. The van der Waals surface area contributed by atoms with E-state index >= 15 is 0 Å². The highest BCUT2D eigenvalue weighted by molar-refractivity contribution is 5.74. The standard InChI is InChI=1S/C11H16N2O2/c1-3-10-8(6-15-11(10)14)4-9-5-12-7-13(9)2/h5,7-8,10H,3-4,6H2,1-2H3/t8-,10-/m0/s1/i1D3,5D,6D2,7D. The number of esters is 1. The predicted molar refractivity (Wildman–Crippen MR) is 55.1 cm³/mol. The number of nitrogens with zero attached hydrogens (tertiary/aromatic N) is 2. The van der Waals surface area contributed by atoms with Gasteiger partial charge in [0.05, 0.1) is 22.9 Å². The second kappa shape index (κ2) is 4.04. The first-order valence-electron chi connectivity index (χ1n) is 8.14. The molecule has 1 aromatic rings. The van der Waals surface area contributed by atoms with E-state index in [9.17, 15) is 4.79 Å². The molecular weight excluding hydrogens is 192 g/mol. The maximum absolute atomic E-state index is 11.8. The van der Waals surface area contributed by atoms with Gasteiger partial charge >= 0.3 is 5.97 Å². The average molecular weight is 215 g/mol. The van der Waals surface area contributed by atoms with Crippen molar-refractivity contribution in [3.8, 4) is 0 Å². The Balaban J connectivity index is 2.33. The Kier molecular flexibility index (Phi) is 1.26. The molecule has 2 atom stereocenters. The van der Waals surface area contributed by atoms with Gasteiger partial charge in [-0.15, -0.1) is 0 Å². The smallest absolute Gasteiger partial charge is 0.309 e. The molecule has 1 fully saturated rings. The monoisotopic (exact) mass is 215 g/mol. The van der Waals surface area contributed by atoms with Crippen LogP contribution in [0.1, 0.15) is 28.6 Å². The lowest BCUT2D eigenvalue weighted by atomic mass is 9.89. The van der Waals surface area contributed by atoms with E-state index in [1.807, 2.05) is 0 Å². The SMILES string of the molecule is [2H]c1nc([2H])n(C)c1C[C@@H]1[C@H](CC([2H])([2H])[2H])C(=O)OC1([2H])[2H]. The van der Waals surface area contributed by atoms with Crippen LogP contribution in [-0.4, -0.2) is 22.1 Å². The van der Waals surface area contributed by atoms with E-state index in [0.29, 0.717) is 0 Å². The molecular formula is C11H16N2O2. The molecule has 4 heteroatoms. The molecule has 1 aliphatic rings. The Labute approximate surface area is 99.1 Å². The minimum atomic E-state index is -2.39. The summed E-state index contributed by atoms with van der Waals surface area (Å²) in [6.07, 6.45) is -0.927. The lowest BCUT2D eigenvalue weighted by Gasteiger charge is -2.12. The number of cyclic esters (lactones) is 1. The molecule has 0 spiro atoms. The minimum Gasteiger partial charge on any atom is -0.465 e. The third kappa shape index (κ3) is 1.89. The van der Waals surface area contributed by atoms with Crippen molar-refractivity contribution in [1.82, 2.24) is 9.55 Å². The molecule has 1 saturated heterocycles. The summed E-state index contributed by atoms with van der Waals surface area (Å²) in [5, 5.41) is 0.